The molecule has 2 aliphatic rings. The van der Waals surface area contributed by atoms with Gasteiger partial charge in [0.25, 0.3) is 0 Å². The molecule has 4 aromatic carbocycles. The second kappa shape index (κ2) is 12.2. The summed E-state index contributed by atoms with van der Waals surface area (Å²) in [5.74, 6) is -1.81. The molecule has 6 atom stereocenters. The Morgan fingerprint density at radius 2 is 1.58 bits per heavy atom. The maximum atomic E-state index is 16.3. The minimum absolute atomic E-state index is 0.0659. The van der Waals surface area contributed by atoms with Gasteiger partial charge in [-0.05, 0) is 52.3 Å². The average Bonchev–Trinajstić information content (AvgIpc) is 3.45. The number of anilines is 1. The molecule has 2 heterocycles. The topological polar surface area (TPSA) is 72.8 Å². The van der Waals surface area contributed by atoms with Crippen molar-refractivity contribution in [2.75, 3.05) is 11.9 Å². The fraction of sp³-hybridized carbons (Fsp3) is 0.324. The Morgan fingerprint density at radius 3 is 2.20 bits per heavy atom. The van der Waals surface area contributed by atoms with Crippen LogP contribution in [0.2, 0.25) is 10.0 Å². The van der Waals surface area contributed by atoms with Crippen molar-refractivity contribution < 1.29 is 19.4 Å². The monoisotopic (exact) mass is 646 g/mol. The number of fused-ring (bicyclic) bond motifs is 2. The second-order valence-corrected chi connectivity index (χ2v) is 14.2. The van der Waals surface area contributed by atoms with Gasteiger partial charge in [0.1, 0.15) is 11.2 Å². The van der Waals surface area contributed by atoms with E-state index in [1.807, 2.05) is 66.7 Å². The van der Waals surface area contributed by atoms with Crippen molar-refractivity contribution in [3.63, 3.8) is 0 Å². The van der Waals surface area contributed by atoms with Gasteiger partial charge in [0.2, 0.25) is 5.91 Å². The number of carbonyl (C=O) groups excluding carboxylic acids is 1. The van der Waals surface area contributed by atoms with Crippen molar-refractivity contribution in [3.8, 4) is 0 Å². The smallest absolute Gasteiger partial charge is 0.237 e. The zero-order chi connectivity index (χ0) is 32.1. The third-order valence-corrected chi connectivity index (χ3v) is 9.93. The number of carbonyl (C=O) groups is 1. The van der Waals surface area contributed by atoms with Crippen LogP contribution in [0.25, 0.3) is 0 Å². The summed E-state index contributed by atoms with van der Waals surface area (Å²) in [5, 5.41) is 27.1. The number of nitrogens with zero attached hydrogens (tertiary/aromatic N) is 1. The van der Waals surface area contributed by atoms with E-state index in [-0.39, 0.29) is 21.9 Å². The molecule has 8 heteroatoms. The Hall–Kier alpha value is -3.26. The van der Waals surface area contributed by atoms with Gasteiger partial charge in [-0.2, -0.15) is 0 Å². The third kappa shape index (κ3) is 5.37. The fourth-order valence-electron chi connectivity index (χ4n) is 7.78. The molecular formula is C37H37Cl2FN2O3. The first-order valence-corrected chi connectivity index (χ1v) is 16.0. The number of aliphatic hydroxyl groups excluding tert-OH is 2. The molecule has 3 N–H and O–H groups in total. The van der Waals surface area contributed by atoms with Crippen LogP contribution in [0.5, 0.6) is 0 Å². The molecule has 5 nitrogen and oxygen atoms in total. The largest absolute Gasteiger partial charge is 0.395 e. The lowest BCUT2D eigenvalue weighted by Crippen LogP contribution is -2.52. The summed E-state index contributed by atoms with van der Waals surface area (Å²) in [6, 6.07) is 27.0. The van der Waals surface area contributed by atoms with Gasteiger partial charge < -0.3 is 15.5 Å². The zero-order valence-electron chi connectivity index (χ0n) is 25.4. The van der Waals surface area contributed by atoms with Crippen LogP contribution in [0.15, 0.2) is 97.1 Å². The van der Waals surface area contributed by atoms with Crippen LogP contribution in [0.3, 0.4) is 0 Å². The molecule has 0 radical (unpaired) electrons. The number of hydrogen-bond acceptors (Lipinski definition) is 4. The molecule has 234 valence electrons. The summed E-state index contributed by atoms with van der Waals surface area (Å²) in [4.78, 5) is 16.9. The first-order valence-electron chi connectivity index (χ1n) is 15.2. The van der Waals surface area contributed by atoms with Gasteiger partial charge in [0.05, 0.1) is 23.8 Å². The van der Waals surface area contributed by atoms with Gasteiger partial charge in [0.15, 0.2) is 0 Å². The van der Waals surface area contributed by atoms with E-state index >= 15 is 4.39 Å². The highest BCUT2D eigenvalue weighted by atomic mass is 35.5. The molecule has 0 aliphatic carbocycles. The van der Waals surface area contributed by atoms with Crippen molar-refractivity contribution in [1.29, 1.82) is 0 Å². The highest BCUT2D eigenvalue weighted by molar-refractivity contribution is 6.31. The highest BCUT2D eigenvalue weighted by Crippen LogP contribution is 2.62. The summed E-state index contributed by atoms with van der Waals surface area (Å²) in [6.07, 6.45) is -0.554. The van der Waals surface area contributed by atoms with Gasteiger partial charge in [-0.1, -0.05) is 123 Å². The number of amides is 1. The van der Waals surface area contributed by atoms with Gasteiger partial charge in [0, 0.05) is 28.7 Å². The minimum Gasteiger partial charge on any atom is -0.395 e. The van der Waals surface area contributed by atoms with Crippen LogP contribution in [0, 0.1) is 11.2 Å². The van der Waals surface area contributed by atoms with E-state index in [0.29, 0.717) is 28.3 Å². The maximum absolute atomic E-state index is 16.3. The molecule has 0 saturated carbocycles. The summed E-state index contributed by atoms with van der Waals surface area (Å²) < 4.78 is 16.3. The molecule has 1 saturated heterocycles. The number of aliphatic hydroxyl groups is 2. The predicted octanol–water partition coefficient (Wildman–Crippen LogP) is 8.06. The van der Waals surface area contributed by atoms with Gasteiger partial charge in [-0.3, -0.25) is 9.69 Å². The Kier molecular flexibility index (Phi) is 8.57. The quantitative estimate of drug-likeness (QED) is 0.190. The van der Waals surface area contributed by atoms with E-state index in [1.54, 1.807) is 24.3 Å². The van der Waals surface area contributed by atoms with Gasteiger partial charge >= 0.3 is 0 Å². The zero-order valence-corrected chi connectivity index (χ0v) is 26.9. The van der Waals surface area contributed by atoms with Crippen LogP contribution in [-0.4, -0.2) is 39.7 Å². The molecule has 45 heavy (non-hydrogen) atoms. The molecule has 1 fully saturated rings. The lowest BCUT2D eigenvalue weighted by atomic mass is 9.62. The Morgan fingerprint density at radius 1 is 0.933 bits per heavy atom. The summed E-state index contributed by atoms with van der Waals surface area (Å²) in [7, 11) is 0. The van der Waals surface area contributed by atoms with Crippen molar-refractivity contribution >= 4 is 34.8 Å². The molecule has 0 aromatic heterocycles. The van der Waals surface area contributed by atoms with E-state index in [4.69, 9.17) is 23.2 Å². The molecule has 4 aromatic rings. The van der Waals surface area contributed by atoms with Crippen molar-refractivity contribution in [1.82, 2.24) is 4.90 Å². The molecule has 0 unspecified atom stereocenters. The number of likely N-dealkylation sites (tertiary alicyclic amines) is 1. The standard InChI is InChI=1S/C37H37Cl2FN2O3/c1-36(2,3)20-30-37(26-18-17-24(38)19-28(26)41-35(37)45)31(25-15-10-16-27(39)32(25)40)29(21-43)42(30)33(22-11-6-4-7-12-22)34(44)23-13-8-5-9-14-23/h4-19,29-31,33-34,43-44H,20-21H2,1-3H3,(H,41,45)/t29-,30+,31-,33+,34-,37-/m0/s1. The van der Waals surface area contributed by atoms with E-state index in [2.05, 4.69) is 31.0 Å². The number of nitrogens with one attached hydrogen (secondary N) is 1. The third-order valence-electron chi connectivity index (χ3n) is 9.41. The minimum atomic E-state index is -1.37. The molecule has 2 aliphatic heterocycles. The first-order chi connectivity index (χ1) is 21.5. The number of hydrogen-bond donors (Lipinski definition) is 3. The van der Waals surface area contributed by atoms with E-state index in [9.17, 15) is 15.0 Å². The lowest BCUT2D eigenvalue weighted by molar-refractivity contribution is -0.123. The van der Waals surface area contributed by atoms with E-state index in [0.717, 1.165) is 5.56 Å². The fourth-order valence-corrected chi connectivity index (χ4v) is 8.13. The predicted molar refractivity (Wildman–Crippen MR) is 177 cm³/mol. The van der Waals surface area contributed by atoms with Gasteiger partial charge in [-0.15, -0.1) is 0 Å². The average molecular weight is 648 g/mol. The van der Waals surface area contributed by atoms with Crippen molar-refractivity contribution in [3.05, 3.63) is 135 Å². The van der Waals surface area contributed by atoms with Crippen LogP contribution >= 0.6 is 23.2 Å². The number of rotatable bonds is 7. The van der Waals surface area contributed by atoms with E-state index < -0.39 is 48.0 Å². The normalized spacial score (nSPS) is 24.4. The molecule has 1 spiro atoms. The Labute approximate surface area is 273 Å². The molecule has 1 amide bonds. The maximum Gasteiger partial charge on any atom is 0.237 e. The SMILES string of the molecule is CC(C)(C)C[C@H]1N([C@H](c2ccccc2)[C@@H](O)c2ccccc2)[C@@H](CO)[C@H](c2cccc(Cl)c2F)[C@@]12C(=O)Nc1cc(Cl)ccc12. The molecular weight excluding hydrogens is 610 g/mol. The van der Waals surface area contributed by atoms with Crippen molar-refractivity contribution in [2.45, 2.75) is 62.8 Å². The summed E-state index contributed by atoms with van der Waals surface area (Å²) in [5.41, 5.74) is 1.29. The lowest BCUT2D eigenvalue weighted by Gasteiger charge is -2.44. The van der Waals surface area contributed by atoms with Crippen LogP contribution in [0.1, 0.15) is 67.5 Å². The first kappa shape index (κ1) is 31.7. The number of halogens is 3. The highest BCUT2D eigenvalue weighted by Gasteiger charge is 2.69. The number of benzene rings is 4. The van der Waals surface area contributed by atoms with Gasteiger partial charge in [-0.25, -0.2) is 4.39 Å². The van der Waals surface area contributed by atoms with Crippen molar-refractivity contribution in [2.24, 2.45) is 5.41 Å². The summed E-state index contributed by atoms with van der Waals surface area (Å²) in [6.45, 7) is 5.89. The van der Waals surface area contributed by atoms with Crippen LogP contribution in [0.4, 0.5) is 10.1 Å². The van der Waals surface area contributed by atoms with Crippen LogP contribution < -0.4 is 5.32 Å². The molecule has 0 bridgehead atoms. The van der Waals surface area contributed by atoms with E-state index in [1.165, 1.54) is 6.07 Å². The molecule has 6 rings (SSSR count). The van der Waals surface area contributed by atoms with Crippen LogP contribution in [-0.2, 0) is 10.2 Å². The Balaban J connectivity index is 1.70. The second-order valence-electron chi connectivity index (χ2n) is 13.3. The summed E-state index contributed by atoms with van der Waals surface area (Å²) >= 11 is 12.8. The Bertz CT molecular complexity index is 1700.